The van der Waals surface area contributed by atoms with Gasteiger partial charge in [-0.25, -0.2) is 4.79 Å². The molecule has 2 aromatic carbocycles. The van der Waals surface area contributed by atoms with E-state index in [-0.39, 0.29) is 0 Å². The molecule has 1 atom stereocenters. The molecule has 0 aliphatic carbocycles. The molecule has 21 heavy (non-hydrogen) atoms. The molecule has 0 aromatic heterocycles. The Balaban J connectivity index is 2.25. The zero-order valence-electron chi connectivity index (χ0n) is 11.3. The Hall–Kier alpha value is -2.14. The number of rotatable bonds is 4. The SMILES string of the molecule is Cc1ccccc1C(=O)NC(C(=O)O)c1ccc(Br)cc1. The van der Waals surface area contributed by atoms with E-state index in [0.29, 0.717) is 11.1 Å². The minimum Gasteiger partial charge on any atom is -0.479 e. The number of carboxylic acids is 1. The monoisotopic (exact) mass is 347 g/mol. The van der Waals surface area contributed by atoms with E-state index in [1.165, 1.54) is 0 Å². The standard InChI is InChI=1S/C16H14BrNO3/c1-10-4-2-3-5-13(10)15(19)18-14(16(20)21)11-6-8-12(17)9-7-11/h2-9,14H,1H3,(H,18,19)(H,20,21). The van der Waals surface area contributed by atoms with Gasteiger partial charge in [-0.2, -0.15) is 0 Å². The summed E-state index contributed by atoms with van der Waals surface area (Å²) in [4.78, 5) is 23.6. The summed E-state index contributed by atoms with van der Waals surface area (Å²) in [5.74, 6) is -1.50. The van der Waals surface area contributed by atoms with Crippen LogP contribution in [0.5, 0.6) is 0 Å². The van der Waals surface area contributed by atoms with Gasteiger partial charge >= 0.3 is 5.97 Å². The van der Waals surface area contributed by atoms with Crippen molar-refractivity contribution in [1.29, 1.82) is 0 Å². The third kappa shape index (κ3) is 3.70. The maximum Gasteiger partial charge on any atom is 0.330 e. The highest BCUT2D eigenvalue weighted by molar-refractivity contribution is 9.10. The van der Waals surface area contributed by atoms with Gasteiger partial charge in [-0.3, -0.25) is 4.79 Å². The molecule has 4 nitrogen and oxygen atoms in total. The molecule has 0 saturated carbocycles. The number of carbonyl (C=O) groups is 2. The Bertz CT molecular complexity index is 667. The number of carbonyl (C=O) groups excluding carboxylic acids is 1. The molecule has 0 spiro atoms. The van der Waals surface area contributed by atoms with E-state index in [9.17, 15) is 14.7 Å². The molecule has 5 heteroatoms. The number of aliphatic carboxylic acids is 1. The topological polar surface area (TPSA) is 66.4 Å². The third-order valence-corrected chi connectivity index (χ3v) is 3.64. The number of hydrogen-bond donors (Lipinski definition) is 2. The van der Waals surface area contributed by atoms with E-state index in [2.05, 4.69) is 21.2 Å². The van der Waals surface area contributed by atoms with Gasteiger partial charge in [0.2, 0.25) is 0 Å². The Morgan fingerprint density at radius 1 is 1.10 bits per heavy atom. The lowest BCUT2D eigenvalue weighted by molar-refractivity contribution is -0.139. The lowest BCUT2D eigenvalue weighted by atomic mass is 10.0. The fourth-order valence-electron chi connectivity index (χ4n) is 1.98. The van der Waals surface area contributed by atoms with Gasteiger partial charge in [-0.15, -0.1) is 0 Å². The molecule has 2 N–H and O–H groups in total. The van der Waals surface area contributed by atoms with E-state index in [4.69, 9.17) is 0 Å². The molecule has 1 amide bonds. The predicted octanol–water partition coefficient (Wildman–Crippen LogP) is 3.31. The summed E-state index contributed by atoms with van der Waals surface area (Å²) < 4.78 is 0.848. The van der Waals surface area contributed by atoms with Crippen molar-refractivity contribution in [1.82, 2.24) is 5.32 Å². The number of aryl methyl sites for hydroxylation is 1. The zero-order valence-corrected chi connectivity index (χ0v) is 12.9. The molecule has 2 aromatic rings. The van der Waals surface area contributed by atoms with Crippen LogP contribution in [0.25, 0.3) is 0 Å². The van der Waals surface area contributed by atoms with Gasteiger partial charge in [0.15, 0.2) is 6.04 Å². The smallest absolute Gasteiger partial charge is 0.330 e. The van der Waals surface area contributed by atoms with E-state index < -0.39 is 17.9 Å². The Labute approximate surface area is 130 Å². The van der Waals surface area contributed by atoms with Crippen LogP contribution < -0.4 is 5.32 Å². The number of halogens is 1. The van der Waals surface area contributed by atoms with E-state index >= 15 is 0 Å². The van der Waals surface area contributed by atoms with Crippen LogP contribution in [0.2, 0.25) is 0 Å². The maximum atomic E-state index is 12.2. The number of amides is 1. The summed E-state index contributed by atoms with van der Waals surface area (Å²) in [6.45, 7) is 1.81. The Morgan fingerprint density at radius 2 is 1.71 bits per heavy atom. The molecule has 108 valence electrons. The van der Waals surface area contributed by atoms with Crippen molar-refractivity contribution >= 4 is 27.8 Å². The first-order valence-corrected chi connectivity index (χ1v) is 7.13. The van der Waals surface area contributed by atoms with Crippen molar-refractivity contribution in [2.24, 2.45) is 0 Å². The largest absolute Gasteiger partial charge is 0.479 e. The molecule has 1 unspecified atom stereocenters. The lowest BCUT2D eigenvalue weighted by Crippen LogP contribution is -2.34. The van der Waals surface area contributed by atoms with Crippen LogP contribution in [0.1, 0.15) is 27.5 Å². The van der Waals surface area contributed by atoms with Crippen LogP contribution in [0.3, 0.4) is 0 Å². The second-order valence-electron chi connectivity index (χ2n) is 4.61. The highest BCUT2D eigenvalue weighted by atomic mass is 79.9. The summed E-state index contributed by atoms with van der Waals surface area (Å²) in [7, 11) is 0. The first kappa shape index (κ1) is 15.3. The summed E-state index contributed by atoms with van der Waals surface area (Å²) >= 11 is 3.29. The molecule has 2 rings (SSSR count). The average Bonchev–Trinajstić information content (AvgIpc) is 2.46. The predicted molar refractivity (Wildman–Crippen MR) is 83.2 cm³/mol. The maximum absolute atomic E-state index is 12.2. The Kier molecular flexibility index (Phi) is 4.75. The van der Waals surface area contributed by atoms with Crippen LogP contribution >= 0.6 is 15.9 Å². The van der Waals surface area contributed by atoms with Gasteiger partial charge in [0.1, 0.15) is 0 Å². The summed E-state index contributed by atoms with van der Waals surface area (Å²) in [6, 6.07) is 12.8. The molecule has 0 fully saturated rings. The van der Waals surface area contributed by atoms with E-state index in [1.54, 1.807) is 36.4 Å². The number of carboxylic acid groups (broad SMARTS) is 1. The van der Waals surface area contributed by atoms with Gasteiger partial charge in [0.05, 0.1) is 0 Å². The Morgan fingerprint density at radius 3 is 2.29 bits per heavy atom. The highest BCUT2D eigenvalue weighted by Crippen LogP contribution is 2.18. The van der Waals surface area contributed by atoms with Gasteiger partial charge in [0, 0.05) is 10.0 Å². The van der Waals surface area contributed by atoms with Crippen LogP contribution in [0, 0.1) is 6.92 Å². The van der Waals surface area contributed by atoms with Crippen LogP contribution in [-0.2, 0) is 4.79 Å². The second kappa shape index (κ2) is 6.54. The van der Waals surface area contributed by atoms with E-state index in [0.717, 1.165) is 10.0 Å². The summed E-state index contributed by atoms with van der Waals surface area (Å²) in [5, 5.41) is 11.9. The number of hydrogen-bond acceptors (Lipinski definition) is 2. The number of benzene rings is 2. The van der Waals surface area contributed by atoms with Crippen molar-refractivity contribution in [3.63, 3.8) is 0 Å². The minimum atomic E-state index is -1.10. The van der Waals surface area contributed by atoms with Crippen molar-refractivity contribution in [3.8, 4) is 0 Å². The van der Waals surface area contributed by atoms with Crippen molar-refractivity contribution in [2.75, 3.05) is 0 Å². The van der Waals surface area contributed by atoms with E-state index in [1.807, 2.05) is 19.1 Å². The fourth-order valence-corrected chi connectivity index (χ4v) is 2.24. The van der Waals surface area contributed by atoms with Gasteiger partial charge in [-0.05, 0) is 36.2 Å². The summed E-state index contributed by atoms with van der Waals surface area (Å²) in [5.41, 5.74) is 1.79. The molecule has 0 heterocycles. The molecule has 0 radical (unpaired) electrons. The zero-order chi connectivity index (χ0) is 15.4. The fraction of sp³-hybridized carbons (Fsp3) is 0.125. The third-order valence-electron chi connectivity index (χ3n) is 3.12. The lowest BCUT2D eigenvalue weighted by Gasteiger charge is -2.16. The second-order valence-corrected chi connectivity index (χ2v) is 5.53. The molecule has 0 bridgehead atoms. The summed E-state index contributed by atoms with van der Waals surface area (Å²) in [6.07, 6.45) is 0. The van der Waals surface area contributed by atoms with Crippen molar-refractivity contribution in [2.45, 2.75) is 13.0 Å². The van der Waals surface area contributed by atoms with Crippen molar-refractivity contribution < 1.29 is 14.7 Å². The quantitative estimate of drug-likeness (QED) is 0.891. The average molecular weight is 348 g/mol. The normalized spacial score (nSPS) is 11.7. The van der Waals surface area contributed by atoms with Crippen LogP contribution in [-0.4, -0.2) is 17.0 Å². The molecular formula is C16H14BrNO3. The molecule has 0 aliphatic rings. The van der Waals surface area contributed by atoms with Gasteiger partial charge < -0.3 is 10.4 Å². The van der Waals surface area contributed by atoms with Crippen LogP contribution in [0.4, 0.5) is 0 Å². The minimum absolute atomic E-state index is 0.400. The van der Waals surface area contributed by atoms with Gasteiger partial charge in [0.25, 0.3) is 5.91 Å². The van der Waals surface area contributed by atoms with Crippen LogP contribution in [0.15, 0.2) is 53.0 Å². The van der Waals surface area contributed by atoms with Crippen molar-refractivity contribution in [3.05, 3.63) is 69.7 Å². The molecular weight excluding hydrogens is 334 g/mol. The number of nitrogens with one attached hydrogen (secondary N) is 1. The molecule has 0 aliphatic heterocycles. The molecule has 0 saturated heterocycles. The highest BCUT2D eigenvalue weighted by Gasteiger charge is 2.23. The first-order chi connectivity index (χ1) is 9.99. The van der Waals surface area contributed by atoms with Gasteiger partial charge in [-0.1, -0.05) is 46.3 Å². The first-order valence-electron chi connectivity index (χ1n) is 6.34.